The van der Waals surface area contributed by atoms with E-state index in [9.17, 15) is 0 Å². The molecule has 1 aromatic heterocycles. The first-order chi connectivity index (χ1) is 7.58. The fraction of sp³-hybridized carbons (Fsp3) is 0.714. The highest BCUT2D eigenvalue weighted by molar-refractivity contribution is 7.12. The highest BCUT2D eigenvalue weighted by Crippen LogP contribution is 2.21. The van der Waals surface area contributed by atoms with Gasteiger partial charge >= 0.3 is 0 Å². The monoisotopic (exact) mass is 239 g/mol. The Hall–Kier alpha value is -0.340. The summed E-state index contributed by atoms with van der Waals surface area (Å²) in [6.07, 6.45) is 2.54. The van der Waals surface area contributed by atoms with Crippen molar-refractivity contribution in [1.29, 1.82) is 0 Å². The second-order valence-corrected chi connectivity index (χ2v) is 6.15. The third-order valence-electron chi connectivity index (χ3n) is 3.51. The lowest BCUT2D eigenvalue weighted by Gasteiger charge is -2.22. The van der Waals surface area contributed by atoms with E-state index in [1.165, 1.54) is 28.2 Å². The average Bonchev–Trinajstić information content (AvgIpc) is 2.56. The van der Waals surface area contributed by atoms with Crippen LogP contribution in [-0.2, 0) is 6.54 Å². The molecule has 0 aliphatic carbocycles. The van der Waals surface area contributed by atoms with Crippen molar-refractivity contribution in [2.45, 2.75) is 60.0 Å². The maximum absolute atomic E-state index is 3.66. The number of hydrogen-bond donors (Lipinski definition) is 1. The molecule has 16 heavy (non-hydrogen) atoms. The molecule has 0 spiro atoms. The largest absolute Gasteiger partial charge is 0.310 e. The third-order valence-corrected chi connectivity index (χ3v) is 4.52. The van der Waals surface area contributed by atoms with Gasteiger partial charge in [-0.3, -0.25) is 0 Å². The highest BCUT2D eigenvalue weighted by atomic mass is 32.1. The normalized spacial score (nSPS) is 13.4. The van der Waals surface area contributed by atoms with E-state index in [-0.39, 0.29) is 0 Å². The predicted molar refractivity (Wildman–Crippen MR) is 74.2 cm³/mol. The second-order valence-electron chi connectivity index (χ2n) is 4.68. The van der Waals surface area contributed by atoms with Gasteiger partial charge in [-0.1, -0.05) is 26.7 Å². The first kappa shape index (κ1) is 13.7. The molecule has 1 unspecified atom stereocenters. The standard InChI is InChI=1S/C14H25NS/c1-6-13(7-2)11(4)15-9-14-8-10(3)16-12(14)5/h8,11,13,15H,6-7,9H2,1-5H3. The summed E-state index contributed by atoms with van der Waals surface area (Å²) in [7, 11) is 0. The van der Waals surface area contributed by atoms with Crippen LogP contribution >= 0.6 is 11.3 Å². The van der Waals surface area contributed by atoms with Crippen LogP contribution in [0.25, 0.3) is 0 Å². The fourth-order valence-electron chi connectivity index (χ4n) is 2.29. The van der Waals surface area contributed by atoms with Crippen molar-refractivity contribution in [3.63, 3.8) is 0 Å². The lowest BCUT2D eigenvalue weighted by atomic mass is 9.95. The molecule has 0 radical (unpaired) electrons. The minimum Gasteiger partial charge on any atom is -0.310 e. The number of hydrogen-bond acceptors (Lipinski definition) is 2. The first-order valence-electron chi connectivity index (χ1n) is 6.37. The van der Waals surface area contributed by atoms with Gasteiger partial charge in [0, 0.05) is 22.3 Å². The number of rotatable bonds is 6. The summed E-state index contributed by atoms with van der Waals surface area (Å²) in [6.45, 7) is 12.3. The van der Waals surface area contributed by atoms with E-state index in [4.69, 9.17) is 0 Å². The zero-order chi connectivity index (χ0) is 12.1. The van der Waals surface area contributed by atoms with Gasteiger partial charge in [0.2, 0.25) is 0 Å². The summed E-state index contributed by atoms with van der Waals surface area (Å²) in [5, 5.41) is 3.66. The third kappa shape index (κ3) is 3.60. The van der Waals surface area contributed by atoms with E-state index in [0.717, 1.165) is 12.5 Å². The zero-order valence-electron chi connectivity index (χ0n) is 11.3. The first-order valence-corrected chi connectivity index (χ1v) is 7.19. The van der Waals surface area contributed by atoms with Crippen molar-refractivity contribution >= 4 is 11.3 Å². The molecule has 1 aromatic rings. The maximum atomic E-state index is 3.66. The van der Waals surface area contributed by atoms with Crippen LogP contribution in [0.5, 0.6) is 0 Å². The van der Waals surface area contributed by atoms with Crippen LogP contribution in [-0.4, -0.2) is 6.04 Å². The molecule has 1 atom stereocenters. The SMILES string of the molecule is CCC(CC)C(C)NCc1cc(C)sc1C. The summed E-state index contributed by atoms with van der Waals surface area (Å²) in [5.41, 5.74) is 1.47. The Morgan fingerprint density at radius 1 is 1.25 bits per heavy atom. The number of thiophene rings is 1. The molecule has 0 aliphatic heterocycles. The smallest absolute Gasteiger partial charge is 0.0219 e. The zero-order valence-corrected chi connectivity index (χ0v) is 12.1. The molecule has 92 valence electrons. The van der Waals surface area contributed by atoms with Gasteiger partial charge in [0.1, 0.15) is 0 Å². The minimum atomic E-state index is 0.620. The Morgan fingerprint density at radius 3 is 2.31 bits per heavy atom. The van der Waals surface area contributed by atoms with Gasteiger partial charge in [-0.05, 0) is 38.3 Å². The van der Waals surface area contributed by atoms with E-state index in [1.807, 2.05) is 11.3 Å². The Balaban J connectivity index is 2.48. The summed E-state index contributed by atoms with van der Waals surface area (Å²) >= 11 is 1.90. The van der Waals surface area contributed by atoms with E-state index >= 15 is 0 Å². The summed E-state index contributed by atoms with van der Waals surface area (Å²) in [4.78, 5) is 2.88. The molecule has 1 N–H and O–H groups in total. The van der Waals surface area contributed by atoms with Crippen molar-refractivity contribution in [1.82, 2.24) is 5.32 Å². The van der Waals surface area contributed by atoms with Gasteiger partial charge in [-0.15, -0.1) is 11.3 Å². The molecular weight excluding hydrogens is 214 g/mol. The van der Waals surface area contributed by atoms with Crippen LogP contribution < -0.4 is 5.32 Å². The molecule has 1 rings (SSSR count). The van der Waals surface area contributed by atoms with Crippen LogP contribution in [0.1, 0.15) is 48.9 Å². The molecule has 0 saturated carbocycles. The van der Waals surface area contributed by atoms with Gasteiger partial charge in [0.05, 0.1) is 0 Å². The molecule has 1 heterocycles. The maximum Gasteiger partial charge on any atom is 0.0219 e. The molecular formula is C14H25NS. The van der Waals surface area contributed by atoms with Gasteiger partial charge in [-0.25, -0.2) is 0 Å². The van der Waals surface area contributed by atoms with Crippen molar-refractivity contribution in [3.05, 3.63) is 21.4 Å². The van der Waals surface area contributed by atoms with Crippen LogP contribution in [0.4, 0.5) is 0 Å². The molecule has 0 saturated heterocycles. The van der Waals surface area contributed by atoms with Gasteiger partial charge in [0.15, 0.2) is 0 Å². The Bertz CT molecular complexity index is 313. The minimum absolute atomic E-state index is 0.620. The summed E-state index contributed by atoms with van der Waals surface area (Å²) in [6, 6.07) is 2.93. The van der Waals surface area contributed by atoms with E-state index in [2.05, 4.69) is 46.0 Å². The highest BCUT2D eigenvalue weighted by Gasteiger charge is 2.13. The van der Waals surface area contributed by atoms with E-state index < -0.39 is 0 Å². The van der Waals surface area contributed by atoms with Gasteiger partial charge < -0.3 is 5.32 Å². The van der Waals surface area contributed by atoms with E-state index in [0.29, 0.717) is 6.04 Å². The molecule has 0 aliphatic rings. The van der Waals surface area contributed by atoms with Crippen molar-refractivity contribution in [2.24, 2.45) is 5.92 Å². The van der Waals surface area contributed by atoms with Gasteiger partial charge in [0.25, 0.3) is 0 Å². The van der Waals surface area contributed by atoms with E-state index in [1.54, 1.807) is 0 Å². The fourth-order valence-corrected chi connectivity index (χ4v) is 3.24. The molecule has 0 aromatic carbocycles. The predicted octanol–water partition coefficient (Wildman–Crippen LogP) is 4.28. The van der Waals surface area contributed by atoms with Crippen molar-refractivity contribution in [2.75, 3.05) is 0 Å². The molecule has 0 fully saturated rings. The lowest BCUT2D eigenvalue weighted by molar-refractivity contribution is 0.353. The Kier molecular flexibility index (Phi) is 5.50. The quantitative estimate of drug-likeness (QED) is 0.781. The Labute approximate surface area is 104 Å². The second kappa shape index (κ2) is 6.41. The van der Waals surface area contributed by atoms with Crippen molar-refractivity contribution in [3.8, 4) is 0 Å². The summed E-state index contributed by atoms with van der Waals surface area (Å²) < 4.78 is 0. The number of nitrogens with one attached hydrogen (secondary N) is 1. The van der Waals surface area contributed by atoms with Gasteiger partial charge in [-0.2, -0.15) is 0 Å². The van der Waals surface area contributed by atoms with Crippen LogP contribution in [0.15, 0.2) is 6.07 Å². The number of aryl methyl sites for hydroxylation is 2. The Morgan fingerprint density at radius 2 is 1.88 bits per heavy atom. The summed E-state index contributed by atoms with van der Waals surface area (Å²) in [5.74, 6) is 0.806. The molecule has 2 heteroatoms. The van der Waals surface area contributed by atoms with Crippen LogP contribution in [0.2, 0.25) is 0 Å². The van der Waals surface area contributed by atoms with Crippen LogP contribution in [0, 0.1) is 19.8 Å². The topological polar surface area (TPSA) is 12.0 Å². The molecule has 0 bridgehead atoms. The molecule has 0 amide bonds. The lowest BCUT2D eigenvalue weighted by Crippen LogP contribution is -2.32. The average molecular weight is 239 g/mol. The van der Waals surface area contributed by atoms with Crippen molar-refractivity contribution < 1.29 is 0 Å². The van der Waals surface area contributed by atoms with Crippen LogP contribution in [0.3, 0.4) is 0 Å². The molecule has 1 nitrogen and oxygen atoms in total.